The maximum atomic E-state index is 12.1. The van der Waals surface area contributed by atoms with Crippen LogP contribution in [0.25, 0.3) is 0 Å². The first-order valence-corrected chi connectivity index (χ1v) is 4.06. The molecular formula is C9H12F2N2. The fourth-order valence-electron chi connectivity index (χ4n) is 0.963. The molecule has 0 radical (unpaired) electrons. The first kappa shape index (κ1) is 9.92. The molecule has 1 rings (SSSR count). The number of alkyl halides is 2. The first-order valence-electron chi connectivity index (χ1n) is 4.06. The molecule has 1 aromatic rings. The average Bonchev–Trinajstić information content (AvgIpc) is 2.15. The zero-order valence-corrected chi connectivity index (χ0v) is 7.13. The van der Waals surface area contributed by atoms with E-state index in [1.807, 2.05) is 0 Å². The van der Waals surface area contributed by atoms with E-state index in [-0.39, 0.29) is 5.56 Å². The Kier molecular flexibility index (Phi) is 3.64. The van der Waals surface area contributed by atoms with Crippen LogP contribution in [0.5, 0.6) is 0 Å². The molecule has 0 aromatic heterocycles. The van der Waals surface area contributed by atoms with Crippen LogP contribution < -0.4 is 11.1 Å². The molecule has 0 aliphatic heterocycles. The van der Waals surface area contributed by atoms with Gasteiger partial charge in [0.25, 0.3) is 6.43 Å². The van der Waals surface area contributed by atoms with Gasteiger partial charge < -0.3 is 11.1 Å². The number of hydrogen-bond acceptors (Lipinski definition) is 2. The summed E-state index contributed by atoms with van der Waals surface area (Å²) in [5.74, 6) is 0. The van der Waals surface area contributed by atoms with Crippen LogP contribution >= 0.6 is 0 Å². The molecular weight excluding hydrogens is 174 g/mol. The number of rotatable bonds is 4. The van der Waals surface area contributed by atoms with Gasteiger partial charge in [0.1, 0.15) is 0 Å². The number of nitrogens with two attached hydrogens (primary N) is 1. The summed E-state index contributed by atoms with van der Waals surface area (Å²) in [5.41, 5.74) is 6.13. The topological polar surface area (TPSA) is 38.0 Å². The molecule has 0 spiro atoms. The summed E-state index contributed by atoms with van der Waals surface area (Å²) in [6, 6.07) is 6.06. The van der Waals surface area contributed by atoms with Gasteiger partial charge in [-0.2, -0.15) is 0 Å². The molecule has 4 heteroatoms. The molecule has 0 aliphatic carbocycles. The van der Waals surface area contributed by atoms with E-state index in [0.717, 1.165) is 5.69 Å². The third-order valence-electron chi connectivity index (χ3n) is 1.64. The van der Waals surface area contributed by atoms with Gasteiger partial charge in [-0.1, -0.05) is 12.1 Å². The number of hydrogen-bond donors (Lipinski definition) is 2. The Morgan fingerprint density at radius 2 is 1.85 bits per heavy atom. The average molecular weight is 186 g/mol. The molecule has 1 aromatic carbocycles. The largest absolute Gasteiger partial charge is 0.384 e. The zero-order chi connectivity index (χ0) is 9.68. The van der Waals surface area contributed by atoms with Crippen molar-refractivity contribution in [2.45, 2.75) is 6.43 Å². The van der Waals surface area contributed by atoms with Crippen molar-refractivity contribution in [2.75, 3.05) is 18.4 Å². The molecule has 0 saturated carbocycles. The highest BCUT2D eigenvalue weighted by atomic mass is 19.3. The van der Waals surface area contributed by atoms with E-state index < -0.39 is 6.43 Å². The van der Waals surface area contributed by atoms with Crippen molar-refractivity contribution in [3.05, 3.63) is 29.8 Å². The Balaban J connectivity index is 2.59. The zero-order valence-electron chi connectivity index (χ0n) is 7.13. The minimum Gasteiger partial charge on any atom is -0.384 e. The second-order valence-corrected chi connectivity index (χ2v) is 2.64. The Bertz CT molecular complexity index is 246. The summed E-state index contributed by atoms with van der Waals surface area (Å²) < 4.78 is 24.2. The van der Waals surface area contributed by atoms with E-state index in [1.54, 1.807) is 12.1 Å². The number of benzene rings is 1. The van der Waals surface area contributed by atoms with E-state index in [2.05, 4.69) is 5.32 Å². The van der Waals surface area contributed by atoms with Crippen LogP contribution in [0.15, 0.2) is 24.3 Å². The monoisotopic (exact) mass is 186 g/mol. The maximum absolute atomic E-state index is 12.1. The first-order chi connectivity index (χ1) is 6.24. The van der Waals surface area contributed by atoms with Crippen molar-refractivity contribution >= 4 is 5.69 Å². The lowest BCUT2D eigenvalue weighted by Gasteiger charge is -2.05. The summed E-state index contributed by atoms with van der Waals surface area (Å²) in [7, 11) is 0. The highest BCUT2D eigenvalue weighted by Gasteiger charge is 2.04. The van der Waals surface area contributed by atoms with Gasteiger partial charge in [0.05, 0.1) is 0 Å². The predicted octanol–water partition coefficient (Wildman–Crippen LogP) is 1.99. The van der Waals surface area contributed by atoms with Gasteiger partial charge in [-0.25, -0.2) is 8.78 Å². The Labute approximate surface area is 75.7 Å². The van der Waals surface area contributed by atoms with Crippen molar-refractivity contribution in [1.29, 1.82) is 0 Å². The van der Waals surface area contributed by atoms with Crippen LogP contribution in [0.1, 0.15) is 12.0 Å². The quantitative estimate of drug-likeness (QED) is 0.754. The van der Waals surface area contributed by atoms with Gasteiger partial charge in [-0.15, -0.1) is 0 Å². The summed E-state index contributed by atoms with van der Waals surface area (Å²) in [4.78, 5) is 0. The van der Waals surface area contributed by atoms with Gasteiger partial charge in [-0.3, -0.25) is 0 Å². The standard InChI is InChI=1S/C9H12F2N2/c10-9(11)7-1-3-8(4-2-7)13-6-5-12/h1-4,9,13H,5-6,12H2. The molecule has 0 atom stereocenters. The normalized spacial score (nSPS) is 10.5. The highest BCUT2D eigenvalue weighted by molar-refractivity contribution is 5.44. The molecule has 0 amide bonds. The molecule has 3 N–H and O–H groups in total. The number of halogens is 2. The SMILES string of the molecule is NCCNc1ccc(C(F)F)cc1. The summed E-state index contributed by atoms with van der Waals surface area (Å²) in [6.45, 7) is 1.17. The molecule has 0 fully saturated rings. The third-order valence-corrected chi connectivity index (χ3v) is 1.64. The third kappa shape index (κ3) is 2.99. The molecule has 0 unspecified atom stereocenters. The predicted molar refractivity (Wildman–Crippen MR) is 48.9 cm³/mol. The molecule has 0 heterocycles. The van der Waals surface area contributed by atoms with Crippen molar-refractivity contribution in [2.24, 2.45) is 5.73 Å². The van der Waals surface area contributed by atoms with Gasteiger partial charge in [0.15, 0.2) is 0 Å². The Morgan fingerprint density at radius 1 is 1.23 bits per heavy atom. The lowest BCUT2D eigenvalue weighted by atomic mass is 10.2. The van der Waals surface area contributed by atoms with Gasteiger partial charge >= 0.3 is 0 Å². The second kappa shape index (κ2) is 4.77. The van der Waals surface area contributed by atoms with Gasteiger partial charge in [0.2, 0.25) is 0 Å². The second-order valence-electron chi connectivity index (χ2n) is 2.64. The number of nitrogens with one attached hydrogen (secondary N) is 1. The van der Waals surface area contributed by atoms with Crippen LogP contribution in [-0.2, 0) is 0 Å². The van der Waals surface area contributed by atoms with Crippen LogP contribution in [0.2, 0.25) is 0 Å². The van der Waals surface area contributed by atoms with Crippen LogP contribution in [0, 0.1) is 0 Å². The molecule has 0 aliphatic rings. The fourth-order valence-corrected chi connectivity index (χ4v) is 0.963. The molecule has 72 valence electrons. The van der Waals surface area contributed by atoms with E-state index in [0.29, 0.717) is 13.1 Å². The van der Waals surface area contributed by atoms with Crippen molar-refractivity contribution in [1.82, 2.24) is 0 Å². The smallest absolute Gasteiger partial charge is 0.263 e. The lowest BCUT2D eigenvalue weighted by molar-refractivity contribution is 0.151. The highest BCUT2D eigenvalue weighted by Crippen LogP contribution is 2.20. The molecule has 0 bridgehead atoms. The number of anilines is 1. The van der Waals surface area contributed by atoms with E-state index in [9.17, 15) is 8.78 Å². The maximum Gasteiger partial charge on any atom is 0.263 e. The van der Waals surface area contributed by atoms with Crippen LogP contribution in [0.4, 0.5) is 14.5 Å². The van der Waals surface area contributed by atoms with Gasteiger partial charge in [-0.05, 0) is 12.1 Å². The van der Waals surface area contributed by atoms with Crippen LogP contribution in [-0.4, -0.2) is 13.1 Å². The van der Waals surface area contributed by atoms with Gasteiger partial charge in [0, 0.05) is 24.3 Å². The van der Waals surface area contributed by atoms with Crippen molar-refractivity contribution < 1.29 is 8.78 Å². The van der Waals surface area contributed by atoms with E-state index >= 15 is 0 Å². The molecule has 13 heavy (non-hydrogen) atoms. The summed E-state index contributed by atoms with van der Waals surface area (Å²) in [6.07, 6.45) is -2.40. The van der Waals surface area contributed by atoms with Crippen molar-refractivity contribution in [3.8, 4) is 0 Å². The summed E-state index contributed by atoms with van der Waals surface area (Å²) >= 11 is 0. The van der Waals surface area contributed by atoms with Crippen molar-refractivity contribution in [3.63, 3.8) is 0 Å². The minimum atomic E-state index is -2.40. The summed E-state index contributed by atoms with van der Waals surface area (Å²) in [5, 5.41) is 2.99. The van der Waals surface area contributed by atoms with Crippen LogP contribution in [0.3, 0.4) is 0 Å². The Morgan fingerprint density at radius 3 is 2.31 bits per heavy atom. The van der Waals surface area contributed by atoms with E-state index in [4.69, 9.17) is 5.73 Å². The lowest BCUT2D eigenvalue weighted by Crippen LogP contribution is -2.12. The molecule has 0 saturated heterocycles. The Hall–Kier alpha value is -1.16. The van der Waals surface area contributed by atoms with E-state index in [1.165, 1.54) is 12.1 Å². The molecule has 2 nitrogen and oxygen atoms in total. The fraction of sp³-hybridized carbons (Fsp3) is 0.333. The minimum absolute atomic E-state index is 0.0401.